The lowest BCUT2D eigenvalue weighted by molar-refractivity contribution is 0.214. The number of aryl methyl sites for hydroxylation is 2. The number of nitrogens with one attached hydrogen (secondary N) is 1. The summed E-state index contributed by atoms with van der Waals surface area (Å²) in [6.45, 7) is 11.6. The van der Waals surface area contributed by atoms with Crippen LogP contribution in [-0.2, 0) is 5.41 Å². The highest BCUT2D eigenvalue weighted by Crippen LogP contribution is 2.39. The number of rotatable bonds is 2. The highest BCUT2D eigenvalue weighted by Gasteiger charge is 2.31. The Morgan fingerprint density at radius 1 is 1.08 bits per heavy atom. The van der Waals surface area contributed by atoms with E-state index in [0.29, 0.717) is 0 Å². The molecule has 138 valence electrons. The van der Waals surface area contributed by atoms with Gasteiger partial charge < -0.3 is 10.2 Å². The van der Waals surface area contributed by atoms with Crippen LogP contribution in [0.3, 0.4) is 0 Å². The molecule has 0 spiro atoms. The molecule has 1 saturated heterocycles. The largest absolute Gasteiger partial charge is 0.323 e. The van der Waals surface area contributed by atoms with Crippen LogP contribution >= 0.6 is 11.8 Å². The second kappa shape index (κ2) is 7.36. The molecule has 1 unspecified atom stereocenters. The summed E-state index contributed by atoms with van der Waals surface area (Å²) in [7, 11) is 0. The van der Waals surface area contributed by atoms with E-state index in [-0.39, 0.29) is 16.8 Å². The van der Waals surface area contributed by atoms with Gasteiger partial charge >= 0.3 is 6.03 Å². The highest BCUT2D eigenvalue weighted by molar-refractivity contribution is 7.99. The first-order chi connectivity index (χ1) is 12.3. The number of carbonyl (C=O) groups excluding carboxylic acids is 1. The molecule has 0 bridgehead atoms. The zero-order valence-electron chi connectivity index (χ0n) is 16.3. The van der Waals surface area contributed by atoms with Crippen molar-refractivity contribution < 1.29 is 4.79 Å². The molecule has 1 heterocycles. The number of hydrogen-bond acceptors (Lipinski definition) is 2. The molecular weight excluding hydrogens is 340 g/mol. The number of nitrogens with zero attached hydrogens (tertiary/aromatic N) is 1. The van der Waals surface area contributed by atoms with Gasteiger partial charge in [0.2, 0.25) is 0 Å². The van der Waals surface area contributed by atoms with Crippen LogP contribution in [0.1, 0.15) is 48.4 Å². The smallest absolute Gasteiger partial charge is 0.308 e. The second-order valence-corrected chi connectivity index (χ2v) is 9.21. The number of hydrogen-bond donors (Lipinski definition) is 1. The molecule has 4 heteroatoms. The van der Waals surface area contributed by atoms with Crippen LogP contribution in [0.5, 0.6) is 0 Å². The number of amides is 2. The van der Waals surface area contributed by atoms with Crippen LogP contribution in [0.15, 0.2) is 42.5 Å². The van der Waals surface area contributed by atoms with Gasteiger partial charge in [-0.15, -0.1) is 11.8 Å². The third kappa shape index (κ3) is 4.07. The Morgan fingerprint density at radius 3 is 2.38 bits per heavy atom. The Balaban J connectivity index is 1.75. The molecular formula is C22H28N2OS. The van der Waals surface area contributed by atoms with Gasteiger partial charge in [0.1, 0.15) is 5.37 Å². The van der Waals surface area contributed by atoms with Crippen LogP contribution in [0.4, 0.5) is 10.5 Å². The molecule has 26 heavy (non-hydrogen) atoms. The topological polar surface area (TPSA) is 32.3 Å². The van der Waals surface area contributed by atoms with E-state index >= 15 is 0 Å². The van der Waals surface area contributed by atoms with E-state index in [1.807, 2.05) is 34.9 Å². The van der Waals surface area contributed by atoms with Crippen molar-refractivity contribution in [3.63, 3.8) is 0 Å². The molecule has 2 aromatic rings. The van der Waals surface area contributed by atoms with E-state index in [4.69, 9.17) is 0 Å². The summed E-state index contributed by atoms with van der Waals surface area (Å²) in [5, 5.41) is 3.14. The maximum Gasteiger partial charge on any atom is 0.323 e. The van der Waals surface area contributed by atoms with E-state index in [0.717, 1.165) is 18.0 Å². The highest BCUT2D eigenvalue weighted by atomic mass is 32.2. The van der Waals surface area contributed by atoms with Crippen LogP contribution in [-0.4, -0.2) is 23.2 Å². The first kappa shape index (κ1) is 18.8. The summed E-state index contributed by atoms with van der Waals surface area (Å²) in [6.07, 6.45) is 0. The number of anilines is 1. The van der Waals surface area contributed by atoms with E-state index in [1.54, 1.807) is 0 Å². The predicted molar refractivity (Wildman–Crippen MR) is 112 cm³/mol. The fraction of sp³-hybridized carbons (Fsp3) is 0.409. The summed E-state index contributed by atoms with van der Waals surface area (Å²) < 4.78 is 0. The van der Waals surface area contributed by atoms with Crippen LogP contribution in [0.2, 0.25) is 0 Å². The fourth-order valence-electron chi connectivity index (χ4n) is 3.12. The molecule has 1 N–H and O–H groups in total. The molecule has 1 aliphatic heterocycles. The molecule has 3 nitrogen and oxygen atoms in total. The molecule has 3 rings (SSSR count). The van der Waals surface area contributed by atoms with Crippen molar-refractivity contribution in [2.24, 2.45) is 0 Å². The maximum atomic E-state index is 12.8. The van der Waals surface area contributed by atoms with Crippen molar-refractivity contribution in [3.05, 3.63) is 64.7 Å². The summed E-state index contributed by atoms with van der Waals surface area (Å²) in [6, 6.07) is 14.7. The molecule has 2 aromatic carbocycles. The van der Waals surface area contributed by atoms with E-state index in [2.05, 4.69) is 64.2 Å². The third-order valence-electron chi connectivity index (χ3n) is 4.97. The molecule has 0 aliphatic carbocycles. The summed E-state index contributed by atoms with van der Waals surface area (Å²) in [5.41, 5.74) is 5.93. The molecule has 1 fully saturated rings. The lowest BCUT2D eigenvalue weighted by atomic mass is 9.87. The van der Waals surface area contributed by atoms with E-state index < -0.39 is 0 Å². The molecule has 2 amide bonds. The summed E-state index contributed by atoms with van der Waals surface area (Å²) in [4.78, 5) is 14.8. The summed E-state index contributed by atoms with van der Waals surface area (Å²) >= 11 is 1.83. The van der Waals surface area contributed by atoms with Gasteiger partial charge in [0.25, 0.3) is 0 Å². The Hall–Kier alpha value is -1.94. The van der Waals surface area contributed by atoms with Gasteiger partial charge in [-0.1, -0.05) is 51.1 Å². The van der Waals surface area contributed by atoms with Crippen molar-refractivity contribution in [1.82, 2.24) is 4.90 Å². The molecule has 1 aliphatic rings. The SMILES string of the molecule is Cc1ccc(NC(=O)N2CCSC2c2ccc(C(C)(C)C)cc2)cc1C. The lowest BCUT2D eigenvalue weighted by Gasteiger charge is -2.26. The van der Waals surface area contributed by atoms with Gasteiger partial charge in [-0.3, -0.25) is 0 Å². The Bertz CT molecular complexity index is 793. The first-order valence-electron chi connectivity index (χ1n) is 9.12. The van der Waals surface area contributed by atoms with Crippen molar-refractivity contribution in [2.75, 3.05) is 17.6 Å². The van der Waals surface area contributed by atoms with Gasteiger partial charge in [0.15, 0.2) is 0 Å². The van der Waals surface area contributed by atoms with Crippen molar-refractivity contribution in [2.45, 2.75) is 45.4 Å². The minimum absolute atomic E-state index is 0.0249. The van der Waals surface area contributed by atoms with E-state index in [9.17, 15) is 4.79 Å². The van der Waals surface area contributed by atoms with Crippen molar-refractivity contribution >= 4 is 23.5 Å². The van der Waals surface area contributed by atoms with Gasteiger partial charge in [0, 0.05) is 18.0 Å². The molecule has 1 atom stereocenters. The van der Waals surface area contributed by atoms with Gasteiger partial charge in [0.05, 0.1) is 0 Å². The first-order valence-corrected chi connectivity index (χ1v) is 10.2. The van der Waals surface area contributed by atoms with Crippen LogP contribution < -0.4 is 5.32 Å². The molecule has 0 radical (unpaired) electrons. The minimum atomic E-state index is -0.0249. The standard InChI is InChI=1S/C22H28N2OS/c1-15-6-11-19(14-16(15)2)23-21(25)24-12-13-26-20(24)17-7-9-18(10-8-17)22(3,4)5/h6-11,14,20H,12-13H2,1-5H3,(H,23,25). The van der Waals surface area contributed by atoms with Crippen LogP contribution in [0.25, 0.3) is 0 Å². The third-order valence-corrected chi connectivity index (χ3v) is 6.23. The number of benzene rings is 2. The number of carbonyl (C=O) groups is 1. The summed E-state index contributed by atoms with van der Waals surface area (Å²) in [5.74, 6) is 0.964. The average molecular weight is 369 g/mol. The lowest BCUT2D eigenvalue weighted by Crippen LogP contribution is -2.34. The van der Waals surface area contributed by atoms with Gasteiger partial charge in [-0.25, -0.2) is 4.79 Å². The quantitative estimate of drug-likeness (QED) is 0.718. The maximum absolute atomic E-state index is 12.8. The average Bonchev–Trinajstić information content (AvgIpc) is 3.07. The molecule has 0 saturated carbocycles. The minimum Gasteiger partial charge on any atom is -0.308 e. The fourth-order valence-corrected chi connectivity index (χ4v) is 4.37. The zero-order valence-corrected chi connectivity index (χ0v) is 17.1. The van der Waals surface area contributed by atoms with Gasteiger partial charge in [-0.2, -0.15) is 0 Å². The second-order valence-electron chi connectivity index (χ2n) is 8.02. The monoisotopic (exact) mass is 368 g/mol. The number of urea groups is 1. The Kier molecular flexibility index (Phi) is 5.33. The van der Waals surface area contributed by atoms with Crippen molar-refractivity contribution in [3.8, 4) is 0 Å². The zero-order chi connectivity index (χ0) is 18.9. The van der Waals surface area contributed by atoms with Crippen LogP contribution in [0, 0.1) is 13.8 Å². The number of thioether (sulfide) groups is 1. The Labute approximate surface area is 161 Å². The van der Waals surface area contributed by atoms with Crippen molar-refractivity contribution in [1.29, 1.82) is 0 Å². The molecule has 0 aromatic heterocycles. The van der Waals surface area contributed by atoms with Gasteiger partial charge in [-0.05, 0) is 53.6 Å². The normalized spacial score (nSPS) is 17.4. The van der Waals surface area contributed by atoms with E-state index in [1.165, 1.54) is 22.3 Å². The Morgan fingerprint density at radius 2 is 1.77 bits per heavy atom. The predicted octanol–water partition coefficient (Wildman–Crippen LogP) is 5.88.